The smallest absolute Gasteiger partial charge is 0.115 e. The third-order valence-electron chi connectivity index (χ3n) is 2.12. The summed E-state index contributed by atoms with van der Waals surface area (Å²) in [5, 5.41) is 14.0. The molecule has 0 aromatic carbocycles. The Morgan fingerprint density at radius 2 is 2.15 bits per heavy atom. The van der Waals surface area contributed by atoms with Gasteiger partial charge in [0.05, 0.1) is 5.69 Å². The Kier molecular flexibility index (Phi) is 2.45. The van der Waals surface area contributed by atoms with E-state index in [4.69, 9.17) is 5.73 Å². The van der Waals surface area contributed by atoms with E-state index in [1.165, 1.54) is 0 Å². The summed E-state index contributed by atoms with van der Waals surface area (Å²) >= 11 is 0. The Morgan fingerprint density at radius 1 is 1.62 bits per heavy atom. The monoisotopic (exact) mass is 183 g/mol. The summed E-state index contributed by atoms with van der Waals surface area (Å²) in [6, 6.07) is 1.85. The summed E-state index contributed by atoms with van der Waals surface area (Å²) in [6.07, 6.45) is -0.715. The van der Waals surface area contributed by atoms with Crippen molar-refractivity contribution in [1.82, 2.24) is 9.78 Å². The van der Waals surface area contributed by atoms with Crippen LogP contribution < -0.4 is 5.73 Å². The lowest BCUT2D eigenvalue weighted by Gasteiger charge is -2.23. The average Bonchev–Trinajstić information content (AvgIpc) is 2.29. The summed E-state index contributed by atoms with van der Waals surface area (Å²) in [5.74, 6) is 0. The van der Waals surface area contributed by atoms with Gasteiger partial charge in [-0.1, -0.05) is 0 Å². The van der Waals surface area contributed by atoms with Crippen LogP contribution in [0.25, 0.3) is 0 Å². The lowest BCUT2D eigenvalue weighted by molar-refractivity contribution is 0.0998. The van der Waals surface area contributed by atoms with Crippen LogP contribution in [-0.2, 0) is 7.05 Å². The van der Waals surface area contributed by atoms with Crippen LogP contribution in [-0.4, -0.2) is 20.4 Å². The molecule has 13 heavy (non-hydrogen) atoms. The van der Waals surface area contributed by atoms with Crippen molar-refractivity contribution in [1.29, 1.82) is 0 Å². The second-order valence-electron chi connectivity index (χ2n) is 4.06. The summed E-state index contributed by atoms with van der Waals surface area (Å²) in [6.45, 7) is 5.50. The lowest BCUT2D eigenvalue weighted by atomic mass is 9.96. The minimum absolute atomic E-state index is 0.632. The second-order valence-corrected chi connectivity index (χ2v) is 4.06. The van der Waals surface area contributed by atoms with Gasteiger partial charge in [0.1, 0.15) is 6.10 Å². The molecule has 1 aromatic rings. The first kappa shape index (κ1) is 10.2. The van der Waals surface area contributed by atoms with Crippen molar-refractivity contribution >= 4 is 0 Å². The Labute approximate surface area is 78.4 Å². The molecule has 1 atom stereocenters. The molecule has 0 amide bonds. The largest absolute Gasteiger partial charge is 0.385 e. The minimum Gasteiger partial charge on any atom is -0.385 e. The second kappa shape index (κ2) is 3.12. The van der Waals surface area contributed by atoms with Crippen LogP contribution >= 0.6 is 0 Å². The van der Waals surface area contributed by atoms with E-state index in [2.05, 4.69) is 5.10 Å². The van der Waals surface area contributed by atoms with Gasteiger partial charge in [0, 0.05) is 18.3 Å². The van der Waals surface area contributed by atoms with Gasteiger partial charge in [0.15, 0.2) is 0 Å². The van der Waals surface area contributed by atoms with Crippen molar-refractivity contribution in [2.75, 3.05) is 0 Å². The van der Waals surface area contributed by atoms with Crippen molar-refractivity contribution in [2.24, 2.45) is 12.8 Å². The van der Waals surface area contributed by atoms with E-state index in [0.717, 1.165) is 5.69 Å². The van der Waals surface area contributed by atoms with Gasteiger partial charge in [-0.2, -0.15) is 5.10 Å². The summed E-state index contributed by atoms with van der Waals surface area (Å²) in [5.41, 5.74) is 6.76. The highest BCUT2D eigenvalue weighted by Gasteiger charge is 2.26. The van der Waals surface area contributed by atoms with E-state index < -0.39 is 11.6 Å². The molecule has 0 radical (unpaired) electrons. The van der Waals surface area contributed by atoms with Gasteiger partial charge in [0.2, 0.25) is 0 Å². The summed E-state index contributed by atoms with van der Waals surface area (Å²) in [4.78, 5) is 0. The number of aromatic nitrogens is 2. The molecule has 1 unspecified atom stereocenters. The first-order chi connectivity index (χ1) is 5.82. The van der Waals surface area contributed by atoms with Crippen LogP contribution in [0.4, 0.5) is 0 Å². The molecule has 74 valence electrons. The Balaban J connectivity index is 2.96. The molecule has 0 bridgehead atoms. The standard InChI is InChI=1S/C9H17N3O/c1-6-5-7(11-12(6)4)8(13)9(2,3)10/h5,8,13H,10H2,1-4H3. The SMILES string of the molecule is Cc1cc(C(O)C(C)(C)N)nn1C. The van der Waals surface area contributed by atoms with E-state index in [-0.39, 0.29) is 0 Å². The molecule has 4 heteroatoms. The van der Waals surface area contributed by atoms with E-state index >= 15 is 0 Å². The Hall–Kier alpha value is -0.870. The molecule has 0 aliphatic carbocycles. The lowest BCUT2D eigenvalue weighted by Crippen LogP contribution is -2.39. The Bertz CT molecular complexity index is 279. The van der Waals surface area contributed by atoms with Crippen LogP contribution in [0.1, 0.15) is 31.3 Å². The number of aryl methyl sites for hydroxylation is 2. The molecule has 3 N–H and O–H groups in total. The molecule has 0 saturated heterocycles. The molecule has 0 aliphatic rings. The van der Waals surface area contributed by atoms with Crippen molar-refractivity contribution in [3.8, 4) is 0 Å². The van der Waals surface area contributed by atoms with Crippen LogP contribution in [0.2, 0.25) is 0 Å². The van der Waals surface area contributed by atoms with E-state index in [0.29, 0.717) is 5.69 Å². The zero-order chi connectivity index (χ0) is 10.2. The van der Waals surface area contributed by atoms with Crippen LogP contribution in [0.15, 0.2) is 6.07 Å². The third-order valence-corrected chi connectivity index (χ3v) is 2.12. The molecule has 4 nitrogen and oxygen atoms in total. The Morgan fingerprint density at radius 3 is 2.46 bits per heavy atom. The van der Waals surface area contributed by atoms with Gasteiger partial charge in [-0.3, -0.25) is 4.68 Å². The molecular formula is C9H17N3O. The fourth-order valence-corrected chi connectivity index (χ4v) is 1.10. The number of nitrogens with two attached hydrogens (primary N) is 1. The number of aliphatic hydroxyl groups excluding tert-OH is 1. The molecule has 0 fully saturated rings. The van der Waals surface area contributed by atoms with Crippen molar-refractivity contribution in [2.45, 2.75) is 32.4 Å². The maximum atomic E-state index is 9.79. The normalized spacial score (nSPS) is 14.6. The van der Waals surface area contributed by atoms with Crippen LogP contribution in [0.3, 0.4) is 0 Å². The van der Waals surface area contributed by atoms with Gasteiger partial charge in [0.25, 0.3) is 0 Å². The predicted molar refractivity (Wildman–Crippen MR) is 51.2 cm³/mol. The van der Waals surface area contributed by atoms with Crippen LogP contribution in [0, 0.1) is 6.92 Å². The molecule has 1 rings (SSSR count). The van der Waals surface area contributed by atoms with Crippen LogP contribution in [0.5, 0.6) is 0 Å². The van der Waals surface area contributed by atoms with Crippen molar-refractivity contribution < 1.29 is 5.11 Å². The molecule has 1 aromatic heterocycles. The topological polar surface area (TPSA) is 64.1 Å². The van der Waals surface area contributed by atoms with E-state index in [1.54, 1.807) is 18.5 Å². The minimum atomic E-state index is -0.715. The maximum Gasteiger partial charge on any atom is 0.115 e. The third kappa shape index (κ3) is 2.08. The number of hydrogen-bond acceptors (Lipinski definition) is 3. The molecule has 0 aliphatic heterocycles. The average molecular weight is 183 g/mol. The van der Waals surface area contributed by atoms with E-state index in [9.17, 15) is 5.11 Å². The van der Waals surface area contributed by atoms with Gasteiger partial charge in [-0.15, -0.1) is 0 Å². The molecule has 0 spiro atoms. The molecule has 0 saturated carbocycles. The number of hydrogen-bond donors (Lipinski definition) is 2. The van der Waals surface area contributed by atoms with E-state index in [1.807, 2.05) is 20.0 Å². The molecular weight excluding hydrogens is 166 g/mol. The highest BCUT2D eigenvalue weighted by atomic mass is 16.3. The van der Waals surface area contributed by atoms with Gasteiger partial charge in [-0.25, -0.2) is 0 Å². The summed E-state index contributed by atoms with van der Waals surface area (Å²) in [7, 11) is 1.84. The van der Waals surface area contributed by atoms with Gasteiger partial charge in [-0.05, 0) is 26.8 Å². The first-order valence-corrected chi connectivity index (χ1v) is 4.30. The zero-order valence-electron chi connectivity index (χ0n) is 8.57. The van der Waals surface area contributed by atoms with Crippen molar-refractivity contribution in [3.63, 3.8) is 0 Å². The zero-order valence-corrected chi connectivity index (χ0v) is 8.57. The molecule has 1 heterocycles. The quantitative estimate of drug-likeness (QED) is 0.701. The van der Waals surface area contributed by atoms with Gasteiger partial charge < -0.3 is 10.8 Å². The predicted octanol–water partition coefficient (Wildman–Crippen LogP) is 0.499. The highest BCUT2D eigenvalue weighted by Crippen LogP contribution is 2.22. The maximum absolute atomic E-state index is 9.79. The fourth-order valence-electron chi connectivity index (χ4n) is 1.10. The van der Waals surface area contributed by atoms with Gasteiger partial charge >= 0.3 is 0 Å². The highest BCUT2D eigenvalue weighted by molar-refractivity contribution is 5.14. The first-order valence-electron chi connectivity index (χ1n) is 4.30. The number of nitrogens with zero attached hydrogens (tertiary/aromatic N) is 2. The summed E-state index contributed by atoms with van der Waals surface area (Å²) < 4.78 is 1.73. The number of aliphatic hydroxyl groups is 1. The fraction of sp³-hybridized carbons (Fsp3) is 0.667. The number of rotatable bonds is 2. The van der Waals surface area contributed by atoms with Crippen molar-refractivity contribution in [3.05, 3.63) is 17.5 Å².